The van der Waals surface area contributed by atoms with Gasteiger partial charge < -0.3 is 19.6 Å². The van der Waals surface area contributed by atoms with Crippen LogP contribution in [0.5, 0.6) is 11.5 Å². The number of para-hydroxylation sites is 1. The lowest BCUT2D eigenvalue weighted by Crippen LogP contribution is -2.24. The minimum absolute atomic E-state index is 0.117. The van der Waals surface area contributed by atoms with Gasteiger partial charge in [0.05, 0.1) is 0 Å². The number of fused-ring (bicyclic) bond motifs is 1. The van der Waals surface area contributed by atoms with Crippen LogP contribution >= 0.6 is 11.6 Å². The molecule has 0 fully saturated rings. The van der Waals surface area contributed by atoms with Crippen LogP contribution in [-0.2, 0) is 11.2 Å². The molecule has 0 amide bonds. The van der Waals surface area contributed by atoms with Gasteiger partial charge in [-0.3, -0.25) is 0 Å². The number of carbonyl (C=O) groups excluding carboxylic acids is 1. The first kappa shape index (κ1) is 20.0. The molecule has 0 saturated carbocycles. The molecule has 4 rings (SSSR count). The first-order valence-electron chi connectivity index (χ1n) is 9.87. The number of carbonyl (C=O) groups is 1. The predicted molar refractivity (Wildman–Crippen MR) is 117 cm³/mol. The average molecular weight is 419 g/mol. The Hall–Kier alpha value is -3.24. The number of rotatable bonds is 7. The van der Waals surface area contributed by atoms with Gasteiger partial charge in [0, 0.05) is 34.0 Å². The summed E-state index contributed by atoms with van der Waals surface area (Å²) in [6.07, 6.45) is 2.69. The normalized spacial score (nSPS) is 12.1. The smallest absolute Gasteiger partial charge is 0.127 e. The van der Waals surface area contributed by atoms with Gasteiger partial charge in [0.15, 0.2) is 0 Å². The minimum Gasteiger partial charge on any atom is -0.550 e. The van der Waals surface area contributed by atoms with Gasteiger partial charge in [0.2, 0.25) is 0 Å². The number of hydrogen-bond donors (Lipinski definition) is 1. The molecule has 0 aliphatic heterocycles. The molecule has 0 radical (unpaired) electrons. The molecule has 5 heteroatoms. The summed E-state index contributed by atoms with van der Waals surface area (Å²) in [5, 5.41) is 13.2. The fraction of sp³-hybridized carbons (Fsp3) is 0.160. The van der Waals surface area contributed by atoms with E-state index in [1.165, 1.54) is 5.56 Å². The number of ether oxygens (including phenoxy) is 1. The standard InChI is InChI=1S/C25H22ClNO3/c1-2-16-5-4-8-21-23(15-27-25(16)21)22(14-24(28)29)17-6-3-7-20(13-17)30-19-11-9-18(26)10-12-19/h3-13,15,22,27H,2,14H2,1H3,(H,28,29)/p-1/t22-/m1/s1. The van der Waals surface area contributed by atoms with Crippen molar-refractivity contribution in [2.24, 2.45) is 0 Å². The Balaban J connectivity index is 1.73. The highest BCUT2D eigenvalue weighted by Gasteiger charge is 2.20. The van der Waals surface area contributed by atoms with Crippen molar-refractivity contribution in [3.8, 4) is 11.5 Å². The summed E-state index contributed by atoms with van der Waals surface area (Å²) < 4.78 is 5.94. The Labute approximate surface area is 180 Å². The van der Waals surface area contributed by atoms with Gasteiger partial charge in [-0.2, -0.15) is 0 Å². The molecular weight excluding hydrogens is 398 g/mol. The van der Waals surface area contributed by atoms with Gasteiger partial charge in [0.1, 0.15) is 11.5 Å². The summed E-state index contributed by atoms with van der Waals surface area (Å²) in [5.41, 5.74) is 4.04. The van der Waals surface area contributed by atoms with Crippen molar-refractivity contribution in [2.75, 3.05) is 0 Å². The summed E-state index contributed by atoms with van der Waals surface area (Å²) in [7, 11) is 0. The largest absolute Gasteiger partial charge is 0.550 e. The molecule has 152 valence electrons. The fourth-order valence-corrected chi connectivity index (χ4v) is 3.96. The topological polar surface area (TPSA) is 65.2 Å². The Morgan fingerprint density at radius 3 is 2.57 bits per heavy atom. The van der Waals surface area contributed by atoms with E-state index in [9.17, 15) is 9.90 Å². The van der Waals surface area contributed by atoms with Gasteiger partial charge >= 0.3 is 0 Å². The highest BCUT2D eigenvalue weighted by Crippen LogP contribution is 2.36. The zero-order chi connectivity index (χ0) is 21.1. The SMILES string of the molecule is CCc1cccc2c([C@H](CC(=O)[O-])c3cccc(Oc4ccc(Cl)cc4)c3)c[nH]c12. The lowest BCUT2D eigenvalue weighted by molar-refractivity contribution is -0.305. The van der Waals surface area contributed by atoms with E-state index in [0.29, 0.717) is 16.5 Å². The highest BCUT2D eigenvalue weighted by molar-refractivity contribution is 6.30. The molecule has 0 unspecified atom stereocenters. The molecule has 4 aromatic rings. The van der Waals surface area contributed by atoms with Crippen molar-refractivity contribution in [3.63, 3.8) is 0 Å². The van der Waals surface area contributed by atoms with Crippen molar-refractivity contribution >= 4 is 28.5 Å². The zero-order valence-corrected chi connectivity index (χ0v) is 17.3. The molecule has 1 atom stereocenters. The number of aliphatic carboxylic acids is 1. The van der Waals surface area contributed by atoms with E-state index in [2.05, 4.69) is 18.0 Å². The second-order valence-corrected chi connectivity index (χ2v) is 7.63. The van der Waals surface area contributed by atoms with Crippen LogP contribution in [0.2, 0.25) is 5.02 Å². The van der Waals surface area contributed by atoms with E-state index in [-0.39, 0.29) is 12.3 Å². The number of nitrogens with one attached hydrogen (secondary N) is 1. The number of aromatic nitrogens is 1. The molecule has 1 N–H and O–H groups in total. The van der Waals surface area contributed by atoms with Crippen LogP contribution in [0, 0.1) is 0 Å². The minimum atomic E-state index is -1.09. The van der Waals surface area contributed by atoms with Crippen LogP contribution in [0.1, 0.15) is 36.0 Å². The quantitative estimate of drug-likeness (QED) is 0.434. The third-order valence-corrected chi connectivity index (χ3v) is 5.52. The van der Waals surface area contributed by atoms with E-state index >= 15 is 0 Å². The maximum Gasteiger partial charge on any atom is 0.127 e. The lowest BCUT2D eigenvalue weighted by atomic mass is 9.88. The van der Waals surface area contributed by atoms with Gasteiger partial charge in [0.25, 0.3) is 0 Å². The van der Waals surface area contributed by atoms with Crippen molar-refractivity contribution < 1.29 is 14.6 Å². The lowest BCUT2D eigenvalue weighted by Gasteiger charge is -2.19. The summed E-state index contributed by atoms with van der Waals surface area (Å²) >= 11 is 5.94. The third kappa shape index (κ3) is 4.19. The molecule has 3 aromatic carbocycles. The predicted octanol–water partition coefficient (Wildman–Crippen LogP) is 5.45. The monoisotopic (exact) mass is 418 g/mol. The van der Waals surface area contributed by atoms with Crippen molar-refractivity contribution in [1.29, 1.82) is 0 Å². The molecular formula is C25H21ClNO3-. The molecule has 0 saturated heterocycles. The van der Waals surface area contributed by atoms with E-state index < -0.39 is 5.97 Å². The molecule has 0 spiro atoms. The van der Waals surface area contributed by atoms with Crippen LogP contribution < -0.4 is 9.84 Å². The third-order valence-electron chi connectivity index (χ3n) is 5.27. The summed E-state index contributed by atoms with van der Waals surface area (Å²) in [5.74, 6) is -0.158. The number of benzene rings is 3. The molecule has 4 nitrogen and oxygen atoms in total. The number of halogens is 1. The number of aryl methyl sites for hydroxylation is 1. The number of carboxylic acids is 1. The van der Waals surface area contributed by atoms with Crippen LogP contribution in [0.4, 0.5) is 0 Å². The van der Waals surface area contributed by atoms with E-state index in [1.54, 1.807) is 24.3 Å². The van der Waals surface area contributed by atoms with Crippen LogP contribution in [0.25, 0.3) is 10.9 Å². The van der Waals surface area contributed by atoms with Gasteiger partial charge in [-0.1, -0.05) is 48.9 Å². The summed E-state index contributed by atoms with van der Waals surface area (Å²) in [6.45, 7) is 2.10. The van der Waals surface area contributed by atoms with Gasteiger partial charge in [-0.05, 0) is 65.9 Å². The summed E-state index contributed by atoms with van der Waals surface area (Å²) in [6, 6.07) is 20.7. The zero-order valence-electron chi connectivity index (χ0n) is 16.5. The maximum absolute atomic E-state index is 11.6. The molecule has 30 heavy (non-hydrogen) atoms. The van der Waals surface area contributed by atoms with Crippen molar-refractivity contribution in [2.45, 2.75) is 25.7 Å². The maximum atomic E-state index is 11.6. The number of hydrogen-bond acceptors (Lipinski definition) is 3. The number of aromatic amines is 1. The molecule has 1 heterocycles. The van der Waals surface area contributed by atoms with Crippen molar-refractivity contribution in [3.05, 3.63) is 94.6 Å². The first-order chi connectivity index (χ1) is 14.5. The molecule has 0 bridgehead atoms. The van der Waals surface area contributed by atoms with Crippen LogP contribution in [0.15, 0.2) is 72.9 Å². The van der Waals surface area contributed by atoms with Crippen molar-refractivity contribution in [1.82, 2.24) is 4.98 Å². The second-order valence-electron chi connectivity index (χ2n) is 7.19. The molecule has 0 aliphatic carbocycles. The van der Waals surface area contributed by atoms with Crippen LogP contribution in [-0.4, -0.2) is 11.0 Å². The van der Waals surface area contributed by atoms with E-state index in [4.69, 9.17) is 16.3 Å². The van der Waals surface area contributed by atoms with Gasteiger partial charge in [-0.15, -0.1) is 0 Å². The van der Waals surface area contributed by atoms with Crippen LogP contribution in [0.3, 0.4) is 0 Å². The Kier molecular flexibility index (Phi) is 5.77. The molecule has 1 aromatic heterocycles. The Bertz CT molecular complexity index is 1180. The number of carboxylic acid groups (broad SMARTS) is 1. The average Bonchev–Trinajstić information content (AvgIpc) is 3.18. The van der Waals surface area contributed by atoms with Gasteiger partial charge in [-0.25, -0.2) is 0 Å². The van der Waals surface area contributed by atoms with E-state index in [0.717, 1.165) is 28.5 Å². The second kappa shape index (κ2) is 8.64. The first-order valence-corrected chi connectivity index (χ1v) is 10.2. The highest BCUT2D eigenvalue weighted by atomic mass is 35.5. The Morgan fingerprint density at radius 1 is 1.07 bits per heavy atom. The molecule has 0 aliphatic rings. The summed E-state index contributed by atoms with van der Waals surface area (Å²) in [4.78, 5) is 14.9. The van der Waals surface area contributed by atoms with E-state index in [1.807, 2.05) is 42.6 Å². The number of H-pyrrole nitrogens is 1. The Morgan fingerprint density at radius 2 is 1.83 bits per heavy atom. The fourth-order valence-electron chi connectivity index (χ4n) is 3.83.